The van der Waals surface area contributed by atoms with Crippen molar-refractivity contribution in [2.45, 2.75) is 6.61 Å². The summed E-state index contributed by atoms with van der Waals surface area (Å²) in [4.78, 5) is 20.3. The fourth-order valence-electron chi connectivity index (χ4n) is 2.38. The lowest BCUT2D eigenvalue weighted by atomic mass is 10.1. The minimum Gasteiger partial charge on any atom is -0.454 e. The second-order valence-corrected chi connectivity index (χ2v) is 6.22. The third-order valence-electron chi connectivity index (χ3n) is 3.51. The summed E-state index contributed by atoms with van der Waals surface area (Å²) in [6.45, 7) is 0.232. The molecule has 0 fully saturated rings. The molecule has 0 saturated heterocycles. The van der Waals surface area contributed by atoms with E-state index in [1.165, 1.54) is 29.7 Å². The Bertz CT molecular complexity index is 952. The van der Waals surface area contributed by atoms with Crippen LogP contribution in [0, 0.1) is 10.1 Å². The molecule has 0 bridgehead atoms. The van der Waals surface area contributed by atoms with Gasteiger partial charge in [0.1, 0.15) is 5.01 Å². The van der Waals surface area contributed by atoms with Gasteiger partial charge in [0.15, 0.2) is 18.1 Å². The van der Waals surface area contributed by atoms with E-state index in [0.29, 0.717) is 11.5 Å². The smallest absolute Gasteiger partial charge is 0.282 e. The third kappa shape index (κ3) is 3.09. The zero-order valence-electron chi connectivity index (χ0n) is 12.7. The third-order valence-corrected chi connectivity index (χ3v) is 4.52. The van der Waals surface area contributed by atoms with Crippen molar-refractivity contribution in [1.29, 1.82) is 0 Å². The zero-order valence-corrected chi connectivity index (χ0v) is 13.6. The second-order valence-electron chi connectivity index (χ2n) is 5.10. The summed E-state index contributed by atoms with van der Waals surface area (Å²) in [6.07, 6.45) is 1.29. The van der Waals surface area contributed by atoms with E-state index in [-0.39, 0.29) is 24.7 Å². The van der Waals surface area contributed by atoms with Crippen molar-refractivity contribution in [3.63, 3.8) is 0 Å². The normalized spacial score (nSPS) is 12.8. The number of nitrogens with zero attached hydrogens (tertiary/aromatic N) is 3. The van der Waals surface area contributed by atoms with Gasteiger partial charge in [0.25, 0.3) is 5.69 Å². The summed E-state index contributed by atoms with van der Waals surface area (Å²) in [5, 5.41) is 15.8. The second kappa shape index (κ2) is 6.36. The predicted molar refractivity (Wildman–Crippen MR) is 91.2 cm³/mol. The molecule has 1 aromatic heterocycles. The number of ether oxygens (including phenoxy) is 2. The Morgan fingerprint density at radius 2 is 2.12 bits per heavy atom. The van der Waals surface area contributed by atoms with Gasteiger partial charge < -0.3 is 14.3 Å². The molecule has 0 radical (unpaired) electrons. The highest BCUT2D eigenvalue weighted by Gasteiger charge is 2.22. The molecule has 0 atom stereocenters. The minimum absolute atomic E-state index is 0.0428. The predicted octanol–water partition coefficient (Wildman–Crippen LogP) is 3.48. The molecule has 2 heterocycles. The summed E-state index contributed by atoms with van der Waals surface area (Å²) in [6, 6.07) is 10.6. The summed E-state index contributed by atoms with van der Waals surface area (Å²) < 4.78 is 11.4. The van der Waals surface area contributed by atoms with Crippen LogP contribution in [0.2, 0.25) is 0 Å². The largest absolute Gasteiger partial charge is 0.454 e. The van der Waals surface area contributed by atoms with Gasteiger partial charge in [0.05, 0.1) is 33.0 Å². The lowest BCUT2D eigenvalue weighted by Crippen LogP contribution is -1.95. The maximum Gasteiger partial charge on any atom is 0.282 e. The van der Waals surface area contributed by atoms with Crippen LogP contribution in [-0.4, -0.2) is 22.9 Å². The number of benzene rings is 2. The topological polar surface area (TPSA) is 96.1 Å². The Morgan fingerprint density at radius 1 is 1.32 bits per heavy atom. The van der Waals surface area contributed by atoms with E-state index in [1.807, 2.05) is 24.3 Å². The van der Waals surface area contributed by atoms with Crippen LogP contribution < -0.4 is 9.47 Å². The SMILES string of the molecule is O=[N+]([O-])c1cc2c(cc1/C=N\OCc1nc3ccccc3s1)OCO2. The van der Waals surface area contributed by atoms with Gasteiger partial charge in [-0.3, -0.25) is 10.1 Å². The monoisotopic (exact) mass is 357 g/mol. The van der Waals surface area contributed by atoms with Crippen molar-refractivity contribution in [2.75, 3.05) is 6.79 Å². The van der Waals surface area contributed by atoms with E-state index in [9.17, 15) is 10.1 Å². The standard InChI is InChI=1S/C16H11N3O5S/c20-19(21)12-6-14-13(22-9-23-14)5-10(12)7-17-24-8-16-18-11-3-1-2-4-15(11)25-16/h1-7H,8-9H2/b17-7-. The Hall–Kier alpha value is -3.20. The first-order valence-corrected chi connectivity index (χ1v) is 8.10. The van der Waals surface area contributed by atoms with Gasteiger partial charge in [-0.15, -0.1) is 11.3 Å². The van der Waals surface area contributed by atoms with Crippen LogP contribution in [0.5, 0.6) is 11.5 Å². The molecule has 25 heavy (non-hydrogen) atoms. The van der Waals surface area contributed by atoms with Crippen LogP contribution >= 0.6 is 11.3 Å². The van der Waals surface area contributed by atoms with E-state index in [0.717, 1.165) is 15.2 Å². The van der Waals surface area contributed by atoms with Crippen molar-refractivity contribution < 1.29 is 19.2 Å². The fourth-order valence-corrected chi connectivity index (χ4v) is 3.25. The highest BCUT2D eigenvalue weighted by atomic mass is 32.1. The van der Waals surface area contributed by atoms with Gasteiger partial charge in [0, 0.05) is 0 Å². The quantitative estimate of drug-likeness (QED) is 0.394. The van der Waals surface area contributed by atoms with E-state index in [2.05, 4.69) is 10.1 Å². The molecule has 1 aliphatic rings. The number of nitro benzene ring substituents is 1. The van der Waals surface area contributed by atoms with Gasteiger partial charge >= 0.3 is 0 Å². The molecular weight excluding hydrogens is 346 g/mol. The number of hydrogen-bond donors (Lipinski definition) is 0. The lowest BCUT2D eigenvalue weighted by Gasteiger charge is -2.00. The average Bonchev–Trinajstić information content (AvgIpc) is 3.23. The number of oxime groups is 1. The highest BCUT2D eigenvalue weighted by Crippen LogP contribution is 2.37. The molecule has 0 spiro atoms. The number of fused-ring (bicyclic) bond motifs is 2. The number of aromatic nitrogens is 1. The summed E-state index contributed by atoms with van der Waals surface area (Å²) >= 11 is 1.51. The molecule has 2 aromatic carbocycles. The van der Waals surface area contributed by atoms with E-state index in [1.54, 1.807) is 0 Å². The van der Waals surface area contributed by atoms with Gasteiger partial charge in [0.2, 0.25) is 6.79 Å². The molecule has 9 heteroatoms. The molecular formula is C16H11N3O5S. The van der Waals surface area contributed by atoms with Crippen LogP contribution in [0.4, 0.5) is 5.69 Å². The van der Waals surface area contributed by atoms with Crippen LogP contribution in [-0.2, 0) is 11.4 Å². The van der Waals surface area contributed by atoms with Crippen molar-refractivity contribution in [3.8, 4) is 11.5 Å². The van der Waals surface area contributed by atoms with E-state index in [4.69, 9.17) is 14.3 Å². The van der Waals surface area contributed by atoms with E-state index >= 15 is 0 Å². The van der Waals surface area contributed by atoms with Crippen molar-refractivity contribution in [2.24, 2.45) is 5.16 Å². The Balaban J connectivity index is 1.49. The van der Waals surface area contributed by atoms with Crippen molar-refractivity contribution in [1.82, 2.24) is 4.98 Å². The Morgan fingerprint density at radius 3 is 2.92 bits per heavy atom. The van der Waals surface area contributed by atoms with Crippen molar-refractivity contribution >= 4 is 33.5 Å². The number of para-hydroxylation sites is 1. The fraction of sp³-hybridized carbons (Fsp3) is 0.125. The van der Waals surface area contributed by atoms with Gasteiger partial charge in [-0.05, 0) is 18.2 Å². The van der Waals surface area contributed by atoms with Crippen molar-refractivity contribution in [3.05, 3.63) is 57.1 Å². The molecule has 8 nitrogen and oxygen atoms in total. The summed E-state index contributed by atoms with van der Waals surface area (Å²) in [5.74, 6) is 0.789. The summed E-state index contributed by atoms with van der Waals surface area (Å²) in [7, 11) is 0. The average molecular weight is 357 g/mol. The number of rotatable bonds is 5. The van der Waals surface area contributed by atoms with Crippen LogP contribution in [0.3, 0.4) is 0 Å². The molecule has 126 valence electrons. The number of nitro groups is 1. The Kier molecular flexibility index (Phi) is 3.90. The highest BCUT2D eigenvalue weighted by molar-refractivity contribution is 7.18. The number of hydrogen-bond acceptors (Lipinski definition) is 8. The summed E-state index contributed by atoms with van der Waals surface area (Å²) in [5.41, 5.74) is 1.05. The lowest BCUT2D eigenvalue weighted by molar-refractivity contribution is -0.385. The van der Waals surface area contributed by atoms with E-state index < -0.39 is 4.92 Å². The maximum atomic E-state index is 11.2. The van der Waals surface area contributed by atoms with Crippen LogP contribution in [0.15, 0.2) is 41.6 Å². The molecule has 0 unspecified atom stereocenters. The van der Waals surface area contributed by atoms with Gasteiger partial charge in [-0.25, -0.2) is 4.98 Å². The minimum atomic E-state index is -0.503. The first-order chi connectivity index (χ1) is 12.2. The van der Waals surface area contributed by atoms with Crippen LogP contribution in [0.1, 0.15) is 10.6 Å². The first-order valence-electron chi connectivity index (χ1n) is 7.28. The molecule has 0 N–H and O–H groups in total. The maximum absolute atomic E-state index is 11.2. The molecule has 4 rings (SSSR count). The molecule has 0 aliphatic carbocycles. The van der Waals surface area contributed by atoms with Gasteiger partial charge in [-0.2, -0.15) is 0 Å². The molecule has 3 aromatic rings. The molecule has 1 aliphatic heterocycles. The molecule has 0 saturated carbocycles. The van der Waals surface area contributed by atoms with Gasteiger partial charge in [-0.1, -0.05) is 17.3 Å². The first kappa shape index (κ1) is 15.3. The molecule has 0 amide bonds. The Labute approximate surface area is 145 Å². The number of thiazole rings is 1. The van der Waals surface area contributed by atoms with Crippen LogP contribution in [0.25, 0.3) is 10.2 Å². The zero-order chi connectivity index (χ0) is 17.2.